The highest BCUT2D eigenvalue weighted by molar-refractivity contribution is 5.93. The molecule has 21 heavy (non-hydrogen) atoms. The molecule has 2 amide bonds. The van der Waals surface area contributed by atoms with Crippen LogP contribution in [0.1, 0.15) is 48.9 Å². The SMILES string of the molecule is O=C(CC1CCCCC1)NCCNC(=O)c1cccnc1. The van der Waals surface area contributed by atoms with Gasteiger partial charge in [-0.05, 0) is 30.9 Å². The Morgan fingerprint density at radius 1 is 1.14 bits per heavy atom. The van der Waals surface area contributed by atoms with Gasteiger partial charge in [-0.3, -0.25) is 14.6 Å². The smallest absolute Gasteiger partial charge is 0.252 e. The Morgan fingerprint density at radius 3 is 2.62 bits per heavy atom. The van der Waals surface area contributed by atoms with Crippen molar-refractivity contribution in [2.45, 2.75) is 38.5 Å². The lowest BCUT2D eigenvalue weighted by Gasteiger charge is -2.20. The second-order valence-corrected chi connectivity index (χ2v) is 5.56. The van der Waals surface area contributed by atoms with Crippen molar-refractivity contribution in [3.63, 3.8) is 0 Å². The monoisotopic (exact) mass is 289 g/mol. The fourth-order valence-electron chi connectivity index (χ4n) is 2.70. The van der Waals surface area contributed by atoms with E-state index in [1.165, 1.54) is 38.3 Å². The van der Waals surface area contributed by atoms with Crippen molar-refractivity contribution >= 4 is 11.8 Å². The first-order valence-corrected chi connectivity index (χ1v) is 7.70. The van der Waals surface area contributed by atoms with Gasteiger partial charge in [-0.1, -0.05) is 19.3 Å². The summed E-state index contributed by atoms with van der Waals surface area (Å²) in [6.07, 6.45) is 9.92. The van der Waals surface area contributed by atoms with Gasteiger partial charge >= 0.3 is 0 Å². The van der Waals surface area contributed by atoms with Crippen LogP contribution < -0.4 is 10.6 Å². The molecule has 0 spiro atoms. The first kappa shape index (κ1) is 15.5. The third kappa shape index (κ3) is 5.53. The van der Waals surface area contributed by atoms with Crippen LogP contribution in [0.2, 0.25) is 0 Å². The van der Waals surface area contributed by atoms with Gasteiger partial charge in [-0.25, -0.2) is 0 Å². The molecule has 1 heterocycles. The third-order valence-electron chi connectivity index (χ3n) is 3.86. The van der Waals surface area contributed by atoms with Gasteiger partial charge in [0.05, 0.1) is 5.56 Å². The molecule has 0 unspecified atom stereocenters. The maximum Gasteiger partial charge on any atom is 0.252 e. The van der Waals surface area contributed by atoms with Gasteiger partial charge in [0.1, 0.15) is 0 Å². The average Bonchev–Trinajstić information content (AvgIpc) is 2.53. The number of pyridine rings is 1. The molecule has 0 atom stereocenters. The Hall–Kier alpha value is -1.91. The van der Waals surface area contributed by atoms with Gasteiger partial charge in [0.2, 0.25) is 5.91 Å². The highest BCUT2D eigenvalue weighted by atomic mass is 16.2. The van der Waals surface area contributed by atoms with E-state index in [-0.39, 0.29) is 11.8 Å². The quantitative estimate of drug-likeness (QED) is 0.786. The fourth-order valence-corrected chi connectivity index (χ4v) is 2.70. The summed E-state index contributed by atoms with van der Waals surface area (Å²) in [5.74, 6) is 0.478. The van der Waals surface area contributed by atoms with Gasteiger partial charge in [0, 0.05) is 31.9 Å². The van der Waals surface area contributed by atoms with Gasteiger partial charge in [0.25, 0.3) is 5.91 Å². The maximum absolute atomic E-state index is 11.8. The van der Waals surface area contributed by atoms with Crippen LogP contribution in [-0.2, 0) is 4.79 Å². The molecule has 1 aliphatic rings. The Morgan fingerprint density at radius 2 is 1.90 bits per heavy atom. The van der Waals surface area contributed by atoms with Crippen LogP contribution in [0.3, 0.4) is 0 Å². The fraction of sp³-hybridized carbons (Fsp3) is 0.562. The Balaban J connectivity index is 1.58. The van der Waals surface area contributed by atoms with Crippen molar-refractivity contribution in [2.24, 2.45) is 5.92 Å². The zero-order valence-corrected chi connectivity index (χ0v) is 12.3. The number of aromatic nitrogens is 1. The number of nitrogens with zero attached hydrogens (tertiary/aromatic N) is 1. The van der Waals surface area contributed by atoms with Crippen LogP contribution in [0, 0.1) is 5.92 Å². The molecule has 0 aliphatic heterocycles. The summed E-state index contributed by atoms with van der Waals surface area (Å²) in [5.41, 5.74) is 0.533. The van der Waals surface area contributed by atoms with E-state index >= 15 is 0 Å². The average molecular weight is 289 g/mol. The Bertz CT molecular complexity index is 456. The minimum absolute atomic E-state index is 0.0949. The summed E-state index contributed by atoms with van der Waals surface area (Å²) in [7, 11) is 0. The predicted octanol–water partition coefficient (Wildman–Crippen LogP) is 1.90. The minimum atomic E-state index is -0.162. The molecular weight excluding hydrogens is 266 g/mol. The molecule has 1 aromatic heterocycles. The van der Waals surface area contributed by atoms with E-state index in [0.717, 1.165) is 0 Å². The molecule has 0 radical (unpaired) electrons. The van der Waals surface area contributed by atoms with Crippen LogP contribution in [0.4, 0.5) is 0 Å². The van der Waals surface area contributed by atoms with Gasteiger partial charge in [0.15, 0.2) is 0 Å². The maximum atomic E-state index is 11.8. The van der Waals surface area contributed by atoms with Crippen molar-refractivity contribution in [2.75, 3.05) is 13.1 Å². The second-order valence-electron chi connectivity index (χ2n) is 5.56. The summed E-state index contributed by atoms with van der Waals surface area (Å²) in [5, 5.41) is 5.63. The summed E-state index contributed by atoms with van der Waals surface area (Å²) in [6, 6.07) is 3.44. The van der Waals surface area contributed by atoms with Crippen molar-refractivity contribution in [1.29, 1.82) is 0 Å². The highest BCUT2D eigenvalue weighted by Gasteiger charge is 2.16. The van der Waals surface area contributed by atoms with Gasteiger partial charge in [-0.15, -0.1) is 0 Å². The molecule has 5 nitrogen and oxygen atoms in total. The number of nitrogens with one attached hydrogen (secondary N) is 2. The van der Waals surface area contributed by atoms with Crippen molar-refractivity contribution in [3.05, 3.63) is 30.1 Å². The number of hydrogen-bond acceptors (Lipinski definition) is 3. The highest BCUT2D eigenvalue weighted by Crippen LogP contribution is 2.25. The lowest BCUT2D eigenvalue weighted by molar-refractivity contribution is -0.122. The number of rotatable bonds is 6. The number of amides is 2. The summed E-state index contributed by atoms with van der Waals surface area (Å²) >= 11 is 0. The normalized spacial score (nSPS) is 15.4. The first-order chi connectivity index (χ1) is 10.3. The molecule has 1 fully saturated rings. The van der Waals surface area contributed by atoms with E-state index in [4.69, 9.17) is 0 Å². The summed E-state index contributed by atoms with van der Waals surface area (Å²) in [4.78, 5) is 27.4. The first-order valence-electron chi connectivity index (χ1n) is 7.70. The molecule has 2 N–H and O–H groups in total. The van der Waals surface area contributed by atoms with E-state index in [0.29, 0.717) is 31.0 Å². The van der Waals surface area contributed by atoms with Crippen LogP contribution in [0.15, 0.2) is 24.5 Å². The Labute approximate surface area is 125 Å². The summed E-state index contributed by atoms with van der Waals surface area (Å²) in [6.45, 7) is 0.904. The van der Waals surface area contributed by atoms with Gasteiger partial charge in [-0.2, -0.15) is 0 Å². The van der Waals surface area contributed by atoms with E-state index in [1.54, 1.807) is 18.3 Å². The van der Waals surface area contributed by atoms with Crippen LogP contribution in [-0.4, -0.2) is 29.9 Å². The largest absolute Gasteiger partial charge is 0.354 e. The van der Waals surface area contributed by atoms with E-state index in [1.807, 2.05) is 0 Å². The van der Waals surface area contributed by atoms with E-state index in [9.17, 15) is 9.59 Å². The van der Waals surface area contributed by atoms with Crippen LogP contribution >= 0.6 is 0 Å². The number of hydrogen-bond donors (Lipinski definition) is 2. The van der Waals surface area contributed by atoms with Crippen molar-refractivity contribution in [1.82, 2.24) is 15.6 Å². The molecule has 5 heteroatoms. The minimum Gasteiger partial charge on any atom is -0.354 e. The number of carbonyl (C=O) groups is 2. The predicted molar refractivity (Wildman–Crippen MR) is 80.8 cm³/mol. The number of carbonyl (C=O) groups excluding carboxylic acids is 2. The lowest BCUT2D eigenvalue weighted by Crippen LogP contribution is -2.35. The zero-order valence-electron chi connectivity index (χ0n) is 12.3. The molecular formula is C16H23N3O2. The summed E-state index contributed by atoms with van der Waals surface area (Å²) < 4.78 is 0. The van der Waals surface area contributed by atoms with Crippen LogP contribution in [0.5, 0.6) is 0 Å². The second kappa shape index (κ2) is 8.39. The third-order valence-corrected chi connectivity index (χ3v) is 3.86. The molecule has 0 saturated heterocycles. The van der Waals surface area contributed by atoms with Crippen molar-refractivity contribution < 1.29 is 9.59 Å². The molecule has 0 aromatic carbocycles. The molecule has 1 aromatic rings. The van der Waals surface area contributed by atoms with Crippen LogP contribution in [0.25, 0.3) is 0 Å². The van der Waals surface area contributed by atoms with Crippen molar-refractivity contribution in [3.8, 4) is 0 Å². The van der Waals surface area contributed by atoms with E-state index < -0.39 is 0 Å². The molecule has 2 rings (SSSR count). The van der Waals surface area contributed by atoms with Gasteiger partial charge < -0.3 is 10.6 Å². The molecule has 1 aliphatic carbocycles. The topological polar surface area (TPSA) is 71.1 Å². The molecule has 114 valence electrons. The Kier molecular flexibility index (Phi) is 6.19. The molecule has 0 bridgehead atoms. The standard InChI is InChI=1S/C16H23N3O2/c20-15(11-13-5-2-1-3-6-13)18-9-10-19-16(21)14-7-4-8-17-12-14/h4,7-8,12-13H,1-3,5-6,9-11H2,(H,18,20)(H,19,21). The zero-order chi connectivity index (χ0) is 14.9. The lowest BCUT2D eigenvalue weighted by atomic mass is 9.87. The molecule has 1 saturated carbocycles. The van der Waals surface area contributed by atoms with E-state index in [2.05, 4.69) is 15.6 Å².